The van der Waals surface area contributed by atoms with Gasteiger partial charge in [-0.05, 0) is 41.0 Å². The molecule has 2 fully saturated rings. The number of anilines is 1. The van der Waals surface area contributed by atoms with Crippen molar-refractivity contribution in [2.24, 2.45) is 11.7 Å². The van der Waals surface area contributed by atoms with E-state index in [9.17, 15) is 24.6 Å². The second-order valence-corrected chi connectivity index (χ2v) is 12.3. The Morgan fingerprint density at radius 1 is 0.898 bits per heavy atom. The molecular weight excluding hydrogens is 622 g/mol. The number of cyclic esters (lactones) is 1. The number of nitrogens with two attached hydrogens (primary N) is 1. The molecular formula is C39H35N3O7. The monoisotopic (exact) mass is 657 g/mol. The Balaban J connectivity index is 1.56. The van der Waals surface area contributed by atoms with Crippen molar-refractivity contribution in [3.63, 3.8) is 0 Å². The van der Waals surface area contributed by atoms with E-state index in [2.05, 4.69) is 17.2 Å². The zero-order valence-corrected chi connectivity index (χ0v) is 26.5. The van der Waals surface area contributed by atoms with E-state index in [0.29, 0.717) is 28.1 Å². The topological polar surface area (TPSA) is 151 Å². The molecule has 4 aromatic rings. The number of esters is 1. The SMILES string of the molecule is NC(=O)C1C2C(=O)OC(c3ccccc3)C(c3ccccc3)N2C(c2ccccc2OCCO)C12C(=O)Nc1ccc(C#CCCO)cc12. The fourth-order valence-corrected chi connectivity index (χ4v) is 7.89. The Morgan fingerprint density at radius 2 is 1.59 bits per heavy atom. The van der Waals surface area contributed by atoms with Crippen LogP contribution in [-0.4, -0.2) is 58.8 Å². The summed E-state index contributed by atoms with van der Waals surface area (Å²) in [7, 11) is 0. The number of amides is 2. The second-order valence-electron chi connectivity index (χ2n) is 12.3. The highest BCUT2D eigenvalue weighted by molar-refractivity contribution is 6.12. The van der Waals surface area contributed by atoms with E-state index in [4.69, 9.17) is 15.2 Å². The molecule has 10 nitrogen and oxygen atoms in total. The van der Waals surface area contributed by atoms with Gasteiger partial charge in [-0.1, -0.05) is 90.7 Å². The lowest BCUT2D eigenvalue weighted by atomic mass is 9.65. The Bertz CT molecular complexity index is 1960. The number of ether oxygens (including phenoxy) is 2. The molecule has 3 heterocycles. The van der Waals surface area contributed by atoms with Crippen molar-refractivity contribution in [1.29, 1.82) is 0 Å². The number of morpholine rings is 1. The zero-order chi connectivity index (χ0) is 34.1. The van der Waals surface area contributed by atoms with Crippen LogP contribution >= 0.6 is 0 Å². The van der Waals surface area contributed by atoms with Gasteiger partial charge in [-0.3, -0.25) is 19.3 Å². The molecule has 3 aliphatic rings. The summed E-state index contributed by atoms with van der Waals surface area (Å²) in [4.78, 5) is 45.2. The van der Waals surface area contributed by atoms with Crippen LogP contribution in [0.4, 0.5) is 5.69 Å². The van der Waals surface area contributed by atoms with E-state index in [0.717, 1.165) is 11.1 Å². The first-order valence-corrected chi connectivity index (χ1v) is 16.2. The number of hydrogen-bond donors (Lipinski definition) is 4. The van der Waals surface area contributed by atoms with Crippen LogP contribution in [0.3, 0.4) is 0 Å². The maximum atomic E-state index is 14.8. The van der Waals surface area contributed by atoms with Crippen molar-refractivity contribution in [3.8, 4) is 17.6 Å². The van der Waals surface area contributed by atoms with Gasteiger partial charge >= 0.3 is 5.97 Å². The first kappa shape index (κ1) is 32.1. The molecule has 2 amide bonds. The predicted octanol–water partition coefficient (Wildman–Crippen LogP) is 3.55. The minimum Gasteiger partial charge on any atom is -0.491 e. The van der Waals surface area contributed by atoms with E-state index >= 15 is 0 Å². The Kier molecular flexibility index (Phi) is 8.65. The molecule has 3 aliphatic heterocycles. The summed E-state index contributed by atoms with van der Waals surface area (Å²) in [6.45, 7) is -0.390. The summed E-state index contributed by atoms with van der Waals surface area (Å²) < 4.78 is 12.4. The molecule has 6 atom stereocenters. The first-order valence-electron chi connectivity index (χ1n) is 16.2. The van der Waals surface area contributed by atoms with Gasteiger partial charge in [0.05, 0.1) is 31.2 Å². The van der Waals surface area contributed by atoms with Crippen LogP contribution in [0.25, 0.3) is 0 Å². The van der Waals surface area contributed by atoms with Crippen molar-refractivity contribution in [2.45, 2.75) is 36.1 Å². The summed E-state index contributed by atoms with van der Waals surface area (Å²) >= 11 is 0. The van der Waals surface area contributed by atoms with Gasteiger partial charge in [0.15, 0.2) is 0 Å². The van der Waals surface area contributed by atoms with Gasteiger partial charge < -0.3 is 30.7 Å². The standard InChI is InChI=1S/C39H35N3O7/c40-36(45)31-33-37(46)49-34(26-14-5-2-6-15-26)32(25-12-3-1-4-13-25)42(33)35(27-16-7-8-17-30(27)48-22-21-44)39(31)28-23-24(11-9-10-20-43)18-19-29(28)41-38(39)47/h1-8,12-19,23,31-35,43-44H,10,20-22H2,(H2,40,45)(H,41,47). The van der Waals surface area contributed by atoms with Gasteiger partial charge in [-0.25, -0.2) is 0 Å². The van der Waals surface area contributed by atoms with Crippen molar-refractivity contribution in [3.05, 3.63) is 131 Å². The molecule has 0 radical (unpaired) electrons. The lowest BCUT2D eigenvalue weighted by Crippen LogP contribution is -2.53. The van der Waals surface area contributed by atoms with Gasteiger partial charge in [-0.15, -0.1) is 0 Å². The third-order valence-electron chi connectivity index (χ3n) is 9.65. The first-order chi connectivity index (χ1) is 23.9. The van der Waals surface area contributed by atoms with Crippen LogP contribution in [0.2, 0.25) is 0 Å². The minimum atomic E-state index is -1.74. The molecule has 1 spiro atoms. The van der Waals surface area contributed by atoms with E-state index in [1.165, 1.54) is 0 Å². The highest BCUT2D eigenvalue weighted by Crippen LogP contribution is 2.65. The Labute approximate surface area is 283 Å². The van der Waals surface area contributed by atoms with E-state index in [1.807, 2.05) is 71.6 Å². The number of carbonyl (C=O) groups excluding carboxylic acids is 3. The number of carbonyl (C=O) groups is 3. The molecule has 0 aromatic heterocycles. The van der Waals surface area contributed by atoms with Crippen molar-refractivity contribution in [2.75, 3.05) is 25.1 Å². The molecule has 10 heteroatoms. The molecule has 4 aromatic carbocycles. The molecule has 5 N–H and O–H groups in total. The van der Waals surface area contributed by atoms with Crippen molar-refractivity contribution >= 4 is 23.5 Å². The summed E-state index contributed by atoms with van der Waals surface area (Å²) in [5.74, 6) is 2.96. The van der Waals surface area contributed by atoms with Crippen LogP contribution in [0.5, 0.6) is 5.75 Å². The number of fused-ring (bicyclic) bond motifs is 3. The summed E-state index contributed by atoms with van der Waals surface area (Å²) in [5, 5.41) is 22.0. The van der Waals surface area contributed by atoms with Gasteiger partial charge in [0.1, 0.15) is 29.9 Å². The normalized spacial score (nSPS) is 25.5. The van der Waals surface area contributed by atoms with Gasteiger partial charge in [0, 0.05) is 23.2 Å². The zero-order valence-electron chi connectivity index (χ0n) is 26.5. The number of primary amides is 1. The van der Waals surface area contributed by atoms with E-state index in [1.54, 1.807) is 36.4 Å². The molecule has 2 saturated heterocycles. The molecule has 7 rings (SSSR count). The fraction of sp³-hybridized carbons (Fsp3) is 0.256. The van der Waals surface area contributed by atoms with Crippen LogP contribution in [0.15, 0.2) is 103 Å². The Morgan fingerprint density at radius 3 is 2.29 bits per heavy atom. The smallest absolute Gasteiger partial charge is 0.324 e. The molecule has 0 bridgehead atoms. The largest absolute Gasteiger partial charge is 0.491 e. The number of aliphatic hydroxyl groups excluding tert-OH is 2. The number of nitrogens with one attached hydrogen (secondary N) is 1. The average molecular weight is 658 g/mol. The summed E-state index contributed by atoms with van der Waals surface area (Å²) in [5.41, 5.74) is 8.11. The number of para-hydroxylation sites is 1. The summed E-state index contributed by atoms with van der Waals surface area (Å²) in [6, 6.07) is 28.4. The van der Waals surface area contributed by atoms with E-state index in [-0.39, 0.29) is 26.2 Å². The minimum absolute atomic E-state index is 0.0242. The number of hydrogen-bond acceptors (Lipinski definition) is 8. The van der Waals surface area contributed by atoms with Gasteiger partial charge in [0.25, 0.3) is 0 Å². The number of benzene rings is 4. The predicted molar refractivity (Wildman–Crippen MR) is 180 cm³/mol. The third-order valence-corrected chi connectivity index (χ3v) is 9.65. The highest BCUT2D eigenvalue weighted by atomic mass is 16.6. The molecule has 49 heavy (non-hydrogen) atoms. The number of rotatable bonds is 8. The highest BCUT2D eigenvalue weighted by Gasteiger charge is 2.74. The Hall–Kier alpha value is -5.47. The van der Waals surface area contributed by atoms with Gasteiger partial charge in [-0.2, -0.15) is 0 Å². The number of aliphatic hydroxyl groups is 2. The van der Waals surface area contributed by atoms with Crippen LogP contribution in [0.1, 0.15) is 52.4 Å². The second kappa shape index (κ2) is 13.2. The summed E-state index contributed by atoms with van der Waals surface area (Å²) in [6.07, 6.45) is -0.563. The quantitative estimate of drug-likeness (QED) is 0.166. The van der Waals surface area contributed by atoms with E-state index < -0.39 is 53.3 Å². The average Bonchev–Trinajstić information content (AvgIpc) is 3.60. The van der Waals surface area contributed by atoms with Crippen molar-refractivity contribution in [1.82, 2.24) is 4.90 Å². The van der Waals surface area contributed by atoms with Crippen LogP contribution in [0, 0.1) is 17.8 Å². The lowest BCUT2D eigenvalue weighted by molar-refractivity contribution is -0.178. The maximum absolute atomic E-state index is 14.8. The molecule has 248 valence electrons. The van der Waals surface area contributed by atoms with Crippen LogP contribution < -0.4 is 15.8 Å². The molecule has 0 aliphatic carbocycles. The van der Waals surface area contributed by atoms with Crippen LogP contribution in [-0.2, 0) is 24.5 Å². The van der Waals surface area contributed by atoms with Crippen molar-refractivity contribution < 1.29 is 34.1 Å². The number of nitrogens with zero attached hydrogens (tertiary/aromatic N) is 1. The lowest BCUT2D eigenvalue weighted by Gasteiger charge is -2.46. The maximum Gasteiger partial charge on any atom is 0.324 e. The molecule has 6 unspecified atom stereocenters. The third kappa shape index (κ3) is 5.23. The molecule has 0 saturated carbocycles. The van der Waals surface area contributed by atoms with Gasteiger partial charge in [0.2, 0.25) is 11.8 Å². The fourth-order valence-electron chi connectivity index (χ4n) is 7.89.